The molecule has 0 spiro atoms. The van der Waals surface area contributed by atoms with Crippen LogP contribution in [0.5, 0.6) is 17.2 Å². The van der Waals surface area contributed by atoms with E-state index in [1.807, 2.05) is 61.9 Å². The summed E-state index contributed by atoms with van der Waals surface area (Å²) in [6.07, 6.45) is 3.95. The fourth-order valence-electron chi connectivity index (χ4n) is 5.63. The molecule has 3 aromatic heterocycles. The Morgan fingerprint density at radius 2 is 1.78 bits per heavy atom. The number of para-hydroxylation sites is 1. The average Bonchev–Trinajstić information content (AvgIpc) is 3.67. The van der Waals surface area contributed by atoms with Gasteiger partial charge in [0.15, 0.2) is 5.76 Å². The van der Waals surface area contributed by atoms with Crippen LogP contribution in [0.4, 0.5) is 4.79 Å². The molecule has 0 aliphatic carbocycles. The first-order valence-electron chi connectivity index (χ1n) is 16.9. The fourth-order valence-corrected chi connectivity index (χ4v) is 6.39. The zero-order valence-electron chi connectivity index (χ0n) is 29.5. The van der Waals surface area contributed by atoms with Crippen molar-refractivity contribution in [3.63, 3.8) is 0 Å². The van der Waals surface area contributed by atoms with Crippen molar-refractivity contribution in [3.05, 3.63) is 89.9 Å². The molecular weight excluding hydrogens is 653 g/mol. The molecule has 1 amide bonds. The van der Waals surface area contributed by atoms with Gasteiger partial charge in [-0.05, 0) is 74.7 Å². The first-order valence-corrected chi connectivity index (χ1v) is 20.6. The number of nitrogens with zero attached hydrogens (tertiary/aromatic N) is 4. The molecule has 6 rings (SSSR count). The minimum atomic E-state index is -1.28. The summed E-state index contributed by atoms with van der Waals surface area (Å²) < 4.78 is 31.5. The van der Waals surface area contributed by atoms with Crippen LogP contribution in [0.1, 0.15) is 37.6 Å². The van der Waals surface area contributed by atoms with Gasteiger partial charge in [0.05, 0.1) is 23.1 Å². The maximum Gasteiger partial charge on any atom is 0.410 e. The van der Waals surface area contributed by atoms with Crippen LogP contribution in [0.2, 0.25) is 25.7 Å². The van der Waals surface area contributed by atoms with Gasteiger partial charge >= 0.3 is 12.1 Å². The lowest BCUT2D eigenvalue weighted by molar-refractivity contribution is -0.133. The number of benzene rings is 2. The average molecular weight is 697 g/mol. The van der Waals surface area contributed by atoms with Gasteiger partial charge in [0.1, 0.15) is 35.2 Å². The predicted molar refractivity (Wildman–Crippen MR) is 192 cm³/mol. The zero-order valence-corrected chi connectivity index (χ0v) is 30.5. The normalized spacial score (nSPS) is 13.3. The molecule has 0 fully saturated rings. The second kappa shape index (κ2) is 14.5. The van der Waals surface area contributed by atoms with E-state index in [1.165, 1.54) is 5.56 Å². The highest BCUT2D eigenvalue weighted by Crippen LogP contribution is 2.39. The number of amides is 1. The van der Waals surface area contributed by atoms with Gasteiger partial charge in [-0.3, -0.25) is 4.79 Å². The minimum absolute atomic E-state index is 0.0616. The van der Waals surface area contributed by atoms with Crippen LogP contribution in [-0.4, -0.2) is 58.5 Å². The Hall–Kier alpha value is -4.94. The van der Waals surface area contributed by atoms with Gasteiger partial charge in [-0.1, -0.05) is 49.1 Å². The monoisotopic (exact) mass is 696 g/mol. The van der Waals surface area contributed by atoms with Crippen LogP contribution < -0.4 is 9.47 Å². The second-order valence-corrected chi connectivity index (χ2v) is 20.3. The van der Waals surface area contributed by atoms with Gasteiger partial charge in [-0.15, -0.1) is 0 Å². The van der Waals surface area contributed by atoms with Gasteiger partial charge in [-0.2, -0.15) is 0 Å². The second-order valence-electron chi connectivity index (χ2n) is 14.7. The lowest BCUT2D eigenvalue weighted by Gasteiger charge is -2.31. The van der Waals surface area contributed by atoms with Crippen LogP contribution >= 0.6 is 0 Å². The molecule has 11 nitrogen and oxygen atoms in total. The number of carbonyl (C=O) groups is 2. The van der Waals surface area contributed by atoms with E-state index >= 15 is 0 Å². The lowest BCUT2D eigenvalue weighted by atomic mass is 10.00. The van der Waals surface area contributed by atoms with E-state index in [0.29, 0.717) is 71.7 Å². The van der Waals surface area contributed by atoms with E-state index in [1.54, 1.807) is 41.4 Å². The summed E-state index contributed by atoms with van der Waals surface area (Å²) in [5, 5.41) is 4.89. The zero-order chi connectivity index (χ0) is 35.5. The Morgan fingerprint density at radius 1 is 0.980 bits per heavy atom. The number of hydrogen-bond donors (Lipinski definition) is 0. The number of esters is 1. The highest BCUT2D eigenvalue weighted by atomic mass is 28.3. The molecule has 2 aromatic carbocycles. The summed E-state index contributed by atoms with van der Waals surface area (Å²) in [4.78, 5) is 31.9. The molecule has 1 aliphatic rings. The molecule has 0 unspecified atom stereocenters. The minimum Gasteiger partial charge on any atom is -0.457 e. The molecule has 0 atom stereocenters. The Labute approximate surface area is 293 Å². The van der Waals surface area contributed by atoms with Crippen molar-refractivity contribution in [3.8, 4) is 28.6 Å². The molecule has 50 heavy (non-hydrogen) atoms. The molecular formula is C38H44N4O7Si. The lowest BCUT2D eigenvalue weighted by Crippen LogP contribution is -2.39. The van der Waals surface area contributed by atoms with Crippen molar-refractivity contribution in [1.82, 2.24) is 19.6 Å². The van der Waals surface area contributed by atoms with Crippen LogP contribution in [0.3, 0.4) is 0 Å². The number of aromatic nitrogens is 3. The fraction of sp³-hybridized carbons (Fsp3) is 0.368. The maximum atomic E-state index is 12.8. The van der Waals surface area contributed by atoms with Crippen molar-refractivity contribution in [1.29, 1.82) is 0 Å². The standard InChI is InChI=1S/C38H44N4O7Si/c1-38(2,3)48-37(44)41-17-15-26-12-13-30(20-27(26)23-41)46-32-14-16-39-36-35(32)31(24-42(36)25-45-18-19-50(4,5)6)33-21-28(40-49-33)22-34(43)47-29-10-8-7-9-11-29/h7-14,16,20-21,24H,15,17-19,22-23,25H2,1-6H3. The molecule has 1 aliphatic heterocycles. The van der Waals surface area contributed by atoms with E-state index in [4.69, 9.17) is 28.5 Å². The van der Waals surface area contributed by atoms with Crippen molar-refractivity contribution in [2.75, 3.05) is 13.2 Å². The largest absolute Gasteiger partial charge is 0.457 e. The van der Waals surface area contributed by atoms with Crippen molar-refractivity contribution in [2.24, 2.45) is 0 Å². The Balaban J connectivity index is 1.28. The van der Waals surface area contributed by atoms with E-state index in [9.17, 15) is 9.59 Å². The molecule has 262 valence electrons. The highest BCUT2D eigenvalue weighted by Gasteiger charge is 2.27. The van der Waals surface area contributed by atoms with Gasteiger partial charge in [0, 0.05) is 46.2 Å². The first-order chi connectivity index (χ1) is 23.8. The Kier molecular flexibility index (Phi) is 10.1. The summed E-state index contributed by atoms with van der Waals surface area (Å²) >= 11 is 0. The third-order valence-corrected chi connectivity index (χ3v) is 9.84. The van der Waals surface area contributed by atoms with E-state index in [0.717, 1.165) is 18.0 Å². The molecule has 0 radical (unpaired) electrons. The molecule has 12 heteroatoms. The summed E-state index contributed by atoms with van der Waals surface area (Å²) in [7, 11) is -1.28. The third-order valence-electron chi connectivity index (χ3n) is 8.14. The van der Waals surface area contributed by atoms with E-state index < -0.39 is 19.6 Å². The molecule has 0 N–H and O–H groups in total. The summed E-state index contributed by atoms with van der Waals surface area (Å²) in [5.74, 6) is 1.65. The van der Waals surface area contributed by atoms with Crippen LogP contribution in [-0.2, 0) is 40.4 Å². The summed E-state index contributed by atoms with van der Waals surface area (Å²) in [6, 6.07) is 19.4. The molecule has 5 aromatic rings. The number of carbonyl (C=O) groups excluding carboxylic acids is 2. The highest BCUT2D eigenvalue weighted by molar-refractivity contribution is 6.76. The van der Waals surface area contributed by atoms with Gasteiger partial charge in [0.25, 0.3) is 0 Å². The molecule has 0 bridgehead atoms. The predicted octanol–water partition coefficient (Wildman–Crippen LogP) is 8.24. The summed E-state index contributed by atoms with van der Waals surface area (Å²) in [6.45, 7) is 14.5. The van der Waals surface area contributed by atoms with Crippen LogP contribution in [0, 0.1) is 0 Å². The molecule has 4 heterocycles. The number of fused-ring (bicyclic) bond motifs is 2. The van der Waals surface area contributed by atoms with Crippen molar-refractivity contribution < 1.29 is 33.1 Å². The van der Waals surface area contributed by atoms with E-state index in [2.05, 4.69) is 24.8 Å². The number of pyridine rings is 1. The van der Waals surface area contributed by atoms with Crippen molar-refractivity contribution in [2.45, 2.75) is 78.2 Å². The summed E-state index contributed by atoms with van der Waals surface area (Å²) in [5.41, 5.74) is 3.38. The van der Waals surface area contributed by atoms with Gasteiger partial charge in [0.2, 0.25) is 0 Å². The van der Waals surface area contributed by atoms with Crippen molar-refractivity contribution >= 4 is 31.2 Å². The third kappa shape index (κ3) is 8.79. The topological polar surface area (TPSA) is 118 Å². The smallest absolute Gasteiger partial charge is 0.410 e. The molecule has 0 saturated heterocycles. The van der Waals surface area contributed by atoms with Gasteiger partial charge in [-0.25, -0.2) is 9.78 Å². The van der Waals surface area contributed by atoms with Crippen LogP contribution in [0.25, 0.3) is 22.4 Å². The number of hydrogen-bond acceptors (Lipinski definition) is 9. The van der Waals surface area contributed by atoms with Gasteiger partial charge < -0.3 is 32.9 Å². The maximum absolute atomic E-state index is 12.8. The quantitative estimate of drug-likeness (QED) is 0.0582. The Morgan fingerprint density at radius 3 is 2.54 bits per heavy atom. The SMILES string of the molecule is CC(C)(C)OC(=O)N1CCc2ccc(Oc3ccnc4c3c(-c3cc(CC(=O)Oc5ccccc5)no3)cn4COCC[Si](C)(C)C)cc2C1. The van der Waals surface area contributed by atoms with Crippen LogP contribution in [0.15, 0.2) is 77.6 Å². The number of rotatable bonds is 11. The Bertz CT molecular complexity index is 1970. The number of ether oxygens (including phenoxy) is 4. The van der Waals surface area contributed by atoms with E-state index in [-0.39, 0.29) is 12.5 Å². The molecule has 0 saturated carbocycles. The first kappa shape index (κ1) is 34.9.